The minimum Gasteiger partial charge on any atom is -0.493 e. The third-order valence-electron chi connectivity index (χ3n) is 3.53. The van der Waals surface area contributed by atoms with E-state index in [2.05, 4.69) is 49.3 Å². The standard InChI is InChI=1S/C16H14Br2ClNO/c17-10-6-7-11-13(5-2-8-21-15(11)9-10)20-14-4-1-3-12(19)16(14)18/h1,3-4,6-7,9,13,20H,2,5,8H2. The number of benzene rings is 2. The number of hydrogen-bond acceptors (Lipinski definition) is 2. The lowest BCUT2D eigenvalue weighted by Crippen LogP contribution is -2.10. The molecule has 0 saturated carbocycles. The van der Waals surface area contributed by atoms with Gasteiger partial charge in [0.15, 0.2) is 0 Å². The molecule has 1 aliphatic rings. The van der Waals surface area contributed by atoms with Crippen LogP contribution < -0.4 is 10.1 Å². The van der Waals surface area contributed by atoms with Gasteiger partial charge in [0.05, 0.1) is 27.8 Å². The maximum Gasteiger partial charge on any atom is 0.125 e. The Balaban J connectivity index is 1.94. The number of rotatable bonds is 2. The maximum absolute atomic E-state index is 6.17. The molecule has 0 fully saturated rings. The number of ether oxygens (including phenoxy) is 1. The van der Waals surface area contributed by atoms with E-state index >= 15 is 0 Å². The Morgan fingerprint density at radius 3 is 2.90 bits per heavy atom. The minimum atomic E-state index is 0.213. The normalized spacial score (nSPS) is 17.6. The topological polar surface area (TPSA) is 21.3 Å². The summed E-state index contributed by atoms with van der Waals surface area (Å²) in [5.41, 5.74) is 2.19. The Bertz CT molecular complexity index is 663. The molecule has 110 valence electrons. The fourth-order valence-corrected chi connectivity index (χ4v) is 3.39. The van der Waals surface area contributed by atoms with E-state index in [9.17, 15) is 0 Å². The summed E-state index contributed by atoms with van der Waals surface area (Å²) in [4.78, 5) is 0. The van der Waals surface area contributed by atoms with Gasteiger partial charge in [-0.25, -0.2) is 0 Å². The minimum absolute atomic E-state index is 0.213. The van der Waals surface area contributed by atoms with Gasteiger partial charge in [-0.05, 0) is 53.0 Å². The van der Waals surface area contributed by atoms with Crippen LogP contribution in [0.1, 0.15) is 24.4 Å². The van der Waals surface area contributed by atoms with Gasteiger partial charge in [-0.2, -0.15) is 0 Å². The predicted molar refractivity (Wildman–Crippen MR) is 94.4 cm³/mol. The van der Waals surface area contributed by atoms with Crippen molar-refractivity contribution in [2.75, 3.05) is 11.9 Å². The molecule has 0 spiro atoms. The van der Waals surface area contributed by atoms with E-state index in [-0.39, 0.29) is 6.04 Å². The average Bonchev–Trinajstić information content (AvgIpc) is 2.66. The van der Waals surface area contributed by atoms with Crippen molar-refractivity contribution in [2.24, 2.45) is 0 Å². The van der Waals surface area contributed by atoms with E-state index in [0.717, 1.165) is 39.8 Å². The molecule has 21 heavy (non-hydrogen) atoms. The Morgan fingerprint density at radius 2 is 2.05 bits per heavy atom. The van der Waals surface area contributed by atoms with Gasteiger partial charge in [0.1, 0.15) is 5.75 Å². The highest BCUT2D eigenvalue weighted by atomic mass is 79.9. The smallest absolute Gasteiger partial charge is 0.125 e. The van der Waals surface area contributed by atoms with Crippen molar-refractivity contribution >= 4 is 49.1 Å². The van der Waals surface area contributed by atoms with Crippen LogP contribution in [-0.4, -0.2) is 6.61 Å². The largest absolute Gasteiger partial charge is 0.493 e. The molecule has 1 unspecified atom stereocenters. The third-order valence-corrected chi connectivity index (χ3v) is 5.42. The maximum atomic E-state index is 6.17. The summed E-state index contributed by atoms with van der Waals surface area (Å²) in [6.45, 7) is 0.748. The van der Waals surface area contributed by atoms with Gasteiger partial charge in [0.2, 0.25) is 0 Å². The number of anilines is 1. The highest BCUT2D eigenvalue weighted by Crippen LogP contribution is 2.38. The molecule has 0 saturated heterocycles. The molecule has 3 rings (SSSR count). The molecule has 2 nitrogen and oxygen atoms in total. The molecule has 1 aliphatic heterocycles. The summed E-state index contributed by atoms with van der Waals surface area (Å²) >= 11 is 13.2. The van der Waals surface area contributed by atoms with Gasteiger partial charge in [-0.15, -0.1) is 0 Å². The molecule has 1 N–H and O–H groups in total. The van der Waals surface area contributed by atoms with Gasteiger partial charge in [-0.3, -0.25) is 0 Å². The predicted octanol–water partition coefficient (Wildman–Crippen LogP) is 6.19. The van der Waals surface area contributed by atoms with Crippen LogP contribution in [0.4, 0.5) is 5.69 Å². The number of halogens is 3. The zero-order chi connectivity index (χ0) is 14.8. The highest BCUT2D eigenvalue weighted by Gasteiger charge is 2.20. The summed E-state index contributed by atoms with van der Waals surface area (Å²) in [7, 11) is 0. The number of nitrogens with one attached hydrogen (secondary N) is 1. The van der Waals surface area contributed by atoms with Gasteiger partial charge < -0.3 is 10.1 Å². The molecule has 2 aromatic rings. The van der Waals surface area contributed by atoms with Gasteiger partial charge in [0.25, 0.3) is 0 Å². The van der Waals surface area contributed by atoms with E-state index in [1.54, 1.807) is 0 Å². The Labute approximate surface area is 146 Å². The summed E-state index contributed by atoms with van der Waals surface area (Å²) in [5.74, 6) is 0.942. The second-order valence-corrected chi connectivity index (χ2v) is 7.09. The molecule has 1 heterocycles. The average molecular weight is 432 g/mol. The molecule has 1 atom stereocenters. The quantitative estimate of drug-likeness (QED) is 0.612. The monoisotopic (exact) mass is 429 g/mol. The Kier molecular flexibility index (Phi) is 4.77. The first-order valence-corrected chi connectivity index (χ1v) is 8.74. The second kappa shape index (κ2) is 6.59. The zero-order valence-corrected chi connectivity index (χ0v) is 15.1. The SMILES string of the molecule is Clc1cccc(NC2CCCOc3cc(Br)ccc32)c1Br. The van der Waals surface area contributed by atoms with Crippen LogP contribution in [0.15, 0.2) is 45.3 Å². The molecule has 0 amide bonds. The molecule has 0 aromatic heterocycles. The van der Waals surface area contributed by atoms with Crippen molar-refractivity contribution in [2.45, 2.75) is 18.9 Å². The summed E-state index contributed by atoms with van der Waals surface area (Å²) in [6.07, 6.45) is 2.04. The van der Waals surface area contributed by atoms with E-state index < -0.39 is 0 Å². The Morgan fingerprint density at radius 1 is 1.19 bits per heavy atom. The highest BCUT2D eigenvalue weighted by molar-refractivity contribution is 9.11. The zero-order valence-electron chi connectivity index (χ0n) is 11.2. The van der Waals surface area contributed by atoms with Gasteiger partial charge in [0, 0.05) is 10.0 Å². The summed E-state index contributed by atoms with van der Waals surface area (Å²) < 4.78 is 7.78. The van der Waals surface area contributed by atoms with Crippen LogP contribution in [0.5, 0.6) is 5.75 Å². The van der Waals surface area contributed by atoms with Crippen molar-refractivity contribution in [1.29, 1.82) is 0 Å². The van der Waals surface area contributed by atoms with E-state index in [4.69, 9.17) is 16.3 Å². The van der Waals surface area contributed by atoms with Crippen LogP contribution in [0.2, 0.25) is 5.02 Å². The first kappa shape index (κ1) is 15.2. The van der Waals surface area contributed by atoms with Crippen LogP contribution in [0.25, 0.3) is 0 Å². The van der Waals surface area contributed by atoms with Crippen molar-refractivity contribution in [1.82, 2.24) is 0 Å². The second-order valence-electron chi connectivity index (χ2n) is 4.97. The lowest BCUT2D eigenvalue weighted by molar-refractivity contribution is 0.316. The lowest BCUT2D eigenvalue weighted by atomic mass is 10.0. The first-order valence-electron chi connectivity index (χ1n) is 6.78. The first-order chi connectivity index (χ1) is 10.1. The van der Waals surface area contributed by atoms with Gasteiger partial charge in [-0.1, -0.05) is 39.7 Å². The molecule has 2 aromatic carbocycles. The van der Waals surface area contributed by atoms with Crippen LogP contribution in [0.3, 0.4) is 0 Å². The summed E-state index contributed by atoms with van der Waals surface area (Å²) in [6, 6.07) is 12.3. The molecule has 0 radical (unpaired) electrons. The molecular formula is C16H14Br2ClNO. The molecular weight excluding hydrogens is 417 g/mol. The molecule has 0 bridgehead atoms. The lowest BCUT2D eigenvalue weighted by Gasteiger charge is -2.21. The van der Waals surface area contributed by atoms with E-state index in [1.165, 1.54) is 5.56 Å². The fourth-order valence-electron chi connectivity index (χ4n) is 2.50. The fraction of sp³-hybridized carbons (Fsp3) is 0.250. The van der Waals surface area contributed by atoms with Crippen molar-refractivity contribution in [3.8, 4) is 5.75 Å². The van der Waals surface area contributed by atoms with Gasteiger partial charge >= 0.3 is 0 Å². The van der Waals surface area contributed by atoms with Crippen molar-refractivity contribution in [3.05, 3.63) is 55.9 Å². The number of fused-ring (bicyclic) bond motifs is 1. The van der Waals surface area contributed by atoms with Crippen molar-refractivity contribution in [3.63, 3.8) is 0 Å². The summed E-state index contributed by atoms with van der Waals surface area (Å²) in [5, 5.41) is 4.29. The van der Waals surface area contributed by atoms with Crippen LogP contribution in [-0.2, 0) is 0 Å². The molecule has 5 heteroatoms. The van der Waals surface area contributed by atoms with Crippen LogP contribution in [0, 0.1) is 0 Å². The van der Waals surface area contributed by atoms with Crippen molar-refractivity contribution < 1.29 is 4.74 Å². The molecule has 0 aliphatic carbocycles. The third kappa shape index (κ3) is 3.38. The van der Waals surface area contributed by atoms with Crippen LogP contribution >= 0.6 is 43.5 Å². The van der Waals surface area contributed by atoms with E-state index in [0.29, 0.717) is 5.02 Å². The van der Waals surface area contributed by atoms with E-state index in [1.807, 2.05) is 24.3 Å². The number of hydrogen-bond donors (Lipinski definition) is 1. The Hall–Kier alpha value is -0.710.